The first kappa shape index (κ1) is 28.7. The van der Waals surface area contributed by atoms with Gasteiger partial charge >= 0.3 is 0 Å². The third-order valence-electron chi connectivity index (χ3n) is 6.04. The van der Waals surface area contributed by atoms with Crippen molar-refractivity contribution < 1.29 is 22.7 Å². The van der Waals surface area contributed by atoms with Gasteiger partial charge in [-0.25, -0.2) is 18.1 Å². The fourth-order valence-electron chi connectivity index (χ4n) is 4.14. The van der Waals surface area contributed by atoms with E-state index in [1.165, 1.54) is 12.1 Å². The maximum atomic E-state index is 13.6. The zero-order valence-corrected chi connectivity index (χ0v) is 23.4. The van der Waals surface area contributed by atoms with E-state index in [4.69, 9.17) is 20.9 Å². The van der Waals surface area contributed by atoms with E-state index in [-0.39, 0.29) is 17.5 Å². The van der Waals surface area contributed by atoms with E-state index < -0.39 is 22.0 Å². The fourth-order valence-corrected chi connectivity index (χ4v) is 5.13. The lowest BCUT2D eigenvalue weighted by Crippen LogP contribution is -2.37. The van der Waals surface area contributed by atoms with E-state index in [1.54, 1.807) is 54.7 Å². The Morgan fingerprint density at radius 2 is 1.75 bits per heavy atom. The van der Waals surface area contributed by atoms with Crippen LogP contribution in [0, 0.1) is 0 Å². The number of nitrogens with one attached hydrogen (secondary N) is 2. The number of amides is 1. The Morgan fingerprint density at radius 1 is 1.00 bits per heavy atom. The zero-order valence-electron chi connectivity index (χ0n) is 22.5. The Kier molecular flexibility index (Phi) is 8.76. The number of ether oxygens (including phenoxy) is 2. The molecule has 1 heterocycles. The van der Waals surface area contributed by atoms with Gasteiger partial charge in [-0.05, 0) is 85.8 Å². The summed E-state index contributed by atoms with van der Waals surface area (Å²) < 4.78 is 40.1. The lowest BCUT2D eigenvalue weighted by atomic mass is 10.0. The van der Waals surface area contributed by atoms with Gasteiger partial charge in [0.1, 0.15) is 11.9 Å². The van der Waals surface area contributed by atoms with E-state index in [9.17, 15) is 13.2 Å². The second-order valence-corrected chi connectivity index (χ2v) is 11.0. The van der Waals surface area contributed by atoms with Crippen molar-refractivity contribution in [2.24, 2.45) is 5.73 Å². The Labute approximate surface area is 233 Å². The Balaban J connectivity index is 1.73. The SMILES string of the molecule is CCOc1cc(C(Nc2ccc3c(N)nccc3c2)C(=O)NS(=O)(=O)c2ccc(CN)cc2)ccc1OC(C)C. The second kappa shape index (κ2) is 12.2. The number of nitrogens with zero attached hydrogens (tertiary/aromatic N) is 1. The van der Waals surface area contributed by atoms with Crippen molar-refractivity contribution in [3.8, 4) is 11.5 Å². The predicted molar refractivity (Wildman–Crippen MR) is 156 cm³/mol. The van der Waals surface area contributed by atoms with E-state index in [2.05, 4.69) is 15.0 Å². The standard InChI is InChI=1S/C29H33N5O5S/c1-4-38-26-16-21(7-12-25(26)39-18(2)3)27(33-22-8-11-24-20(15-22)13-14-32-28(24)31)29(35)34-40(36,37)23-9-5-19(17-30)6-10-23/h5-16,18,27,33H,4,17,30H2,1-3H3,(H2,31,32)(H,34,35). The molecule has 0 fully saturated rings. The van der Waals surface area contributed by atoms with Gasteiger partial charge in [-0.1, -0.05) is 18.2 Å². The lowest BCUT2D eigenvalue weighted by Gasteiger charge is -2.22. The molecule has 4 rings (SSSR count). The van der Waals surface area contributed by atoms with Crippen molar-refractivity contribution in [3.63, 3.8) is 0 Å². The van der Waals surface area contributed by atoms with Gasteiger partial charge in [-0.3, -0.25) is 4.79 Å². The largest absolute Gasteiger partial charge is 0.490 e. The first-order valence-electron chi connectivity index (χ1n) is 12.8. The molecule has 1 unspecified atom stereocenters. The van der Waals surface area contributed by atoms with Crippen LogP contribution in [0.1, 0.15) is 37.9 Å². The van der Waals surface area contributed by atoms with Crippen LogP contribution in [-0.2, 0) is 21.4 Å². The lowest BCUT2D eigenvalue weighted by molar-refractivity contribution is -0.120. The number of hydrogen-bond acceptors (Lipinski definition) is 9. The summed E-state index contributed by atoms with van der Waals surface area (Å²) in [4.78, 5) is 17.7. The highest BCUT2D eigenvalue weighted by Crippen LogP contribution is 2.33. The Morgan fingerprint density at radius 3 is 2.42 bits per heavy atom. The topological polar surface area (TPSA) is 159 Å². The van der Waals surface area contributed by atoms with Crippen LogP contribution in [0.2, 0.25) is 0 Å². The third-order valence-corrected chi connectivity index (χ3v) is 7.40. The number of nitrogens with two attached hydrogens (primary N) is 2. The van der Waals surface area contributed by atoms with Crippen molar-refractivity contribution in [3.05, 3.63) is 84.1 Å². The predicted octanol–water partition coefficient (Wildman–Crippen LogP) is 4.12. The van der Waals surface area contributed by atoms with Crippen LogP contribution in [-0.4, -0.2) is 32.0 Å². The van der Waals surface area contributed by atoms with Crippen LogP contribution in [0.3, 0.4) is 0 Å². The molecular formula is C29H33N5O5S. The average molecular weight is 564 g/mol. The van der Waals surface area contributed by atoms with Crippen LogP contribution < -0.4 is 31.0 Å². The van der Waals surface area contributed by atoms with E-state index >= 15 is 0 Å². The summed E-state index contributed by atoms with van der Waals surface area (Å²) in [6, 6.07) is 17.1. The van der Waals surface area contributed by atoms with Crippen LogP contribution in [0.25, 0.3) is 10.8 Å². The van der Waals surface area contributed by atoms with Crippen molar-refractivity contribution in [1.82, 2.24) is 9.71 Å². The summed E-state index contributed by atoms with van der Waals surface area (Å²) in [5.41, 5.74) is 13.4. The van der Waals surface area contributed by atoms with Crippen molar-refractivity contribution >= 4 is 38.2 Å². The zero-order chi connectivity index (χ0) is 28.9. The van der Waals surface area contributed by atoms with E-state index in [1.807, 2.05) is 26.8 Å². The van der Waals surface area contributed by atoms with Crippen LogP contribution >= 0.6 is 0 Å². The number of pyridine rings is 1. The number of aromatic nitrogens is 1. The monoisotopic (exact) mass is 563 g/mol. The van der Waals surface area contributed by atoms with Crippen molar-refractivity contribution in [2.45, 2.75) is 44.4 Å². The van der Waals surface area contributed by atoms with Crippen LogP contribution in [0.4, 0.5) is 11.5 Å². The minimum Gasteiger partial charge on any atom is -0.490 e. The molecule has 0 radical (unpaired) electrons. The Bertz CT molecular complexity index is 1610. The van der Waals surface area contributed by atoms with Gasteiger partial charge in [-0.15, -0.1) is 0 Å². The summed E-state index contributed by atoms with van der Waals surface area (Å²) >= 11 is 0. The van der Waals surface area contributed by atoms with Crippen LogP contribution in [0.15, 0.2) is 77.8 Å². The molecule has 0 aliphatic rings. The maximum Gasteiger partial charge on any atom is 0.264 e. The highest BCUT2D eigenvalue weighted by Gasteiger charge is 2.27. The quantitative estimate of drug-likeness (QED) is 0.211. The maximum absolute atomic E-state index is 13.6. The van der Waals surface area contributed by atoms with Gasteiger partial charge in [0.25, 0.3) is 15.9 Å². The molecule has 1 amide bonds. The average Bonchev–Trinajstić information content (AvgIpc) is 2.92. The second-order valence-electron chi connectivity index (χ2n) is 9.33. The smallest absolute Gasteiger partial charge is 0.264 e. The third kappa shape index (κ3) is 6.61. The van der Waals surface area contributed by atoms with Crippen LogP contribution in [0.5, 0.6) is 11.5 Å². The molecule has 40 heavy (non-hydrogen) atoms. The normalized spacial score (nSPS) is 12.2. The van der Waals surface area contributed by atoms with Gasteiger partial charge < -0.3 is 26.3 Å². The number of sulfonamides is 1. The molecule has 0 spiro atoms. The molecule has 1 atom stereocenters. The molecule has 0 bridgehead atoms. The number of anilines is 2. The minimum absolute atomic E-state index is 0.0545. The van der Waals surface area contributed by atoms with E-state index in [0.29, 0.717) is 35.2 Å². The Hall–Kier alpha value is -4.35. The number of fused-ring (bicyclic) bond motifs is 1. The van der Waals surface area contributed by atoms with Gasteiger partial charge in [0.2, 0.25) is 0 Å². The summed E-state index contributed by atoms with van der Waals surface area (Å²) in [5, 5.41) is 4.74. The summed E-state index contributed by atoms with van der Waals surface area (Å²) in [7, 11) is -4.18. The molecule has 0 aliphatic heterocycles. The summed E-state index contributed by atoms with van der Waals surface area (Å²) in [5.74, 6) is 0.552. The first-order valence-corrected chi connectivity index (χ1v) is 14.3. The van der Waals surface area contributed by atoms with Crippen molar-refractivity contribution in [1.29, 1.82) is 0 Å². The highest BCUT2D eigenvalue weighted by atomic mass is 32.2. The fraction of sp³-hybridized carbons (Fsp3) is 0.241. The van der Waals surface area contributed by atoms with Gasteiger partial charge in [-0.2, -0.15) is 0 Å². The molecule has 210 valence electrons. The molecule has 3 aromatic carbocycles. The number of benzene rings is 3. The summed E-state index contributed by atoms with van der Waals surface area (Å²) in [6.45, 7) is 6.27. The van der Waals surface area contributed by atoms with Crippen molar-refractivity contribution in [2.75, 3.05) is 17.7 Å². The number of hydrogen-bond donors (Lipinski definition) is 4. The molecule has 1 aromatic heterocycles. The molecule has 10 nitrogen and oxygen atoms in total. The van der Waals surface area contributed by atoms with E-state index in [0.717, 1.165) is 16.3 Å². The molecule has 0 saturated carbocycles. The van der Waals surface area contributed by atoms with Gasteiger partial charge in [0.15, 0.2) is 11.5 Å². The number of nitrogen functional groups attached to an aromatic ring is 1. The molecule has 0 saturated heterocycles. The van der Waals surface area contributed by atoms with Gasteiger partial charge in [0.05, 0.1) is 17.6 Å². The summed E-state index contributed by atoms with van der Waals surface area (Å²) in [6.07, 6.45) is 1.49. The molecule has 6 N–H and O–H groups in total. The number of carbonyl (C=O) groups excluding carboxylic acids is 1. The molecular weight excluding hydrogens is 530 g/mol. The number of rotatable bonds is 11. The highest BCUT2D eigenvalue weighted by molar-refractivity contribution is 7.90. The van der Waals surface area contributed by atoms with Gasteiger partial charge in [0, 0.05) is 23.8 Å². The molecule has 0 aliphatic carbocycles. The molecule has 11 heteroatoms. The molecule has 4 aromatic rings. The minimum atomic E-state index is -4.18. The number of carbonyl (C=O) groups is 1. The first-order chi connectivity index (χ1) is 19.1.